The monoisotopic (exact) mass is 173 g/mol. The van der Waals surface area contributed by atoms with Gasteiger partial charge >= 0.3 is 0 Å². The molecule has 0 aromatic heterocycles. The largest absolute Gasteiger partial charge is 0.327 e. The number of hydrogen-bond donors (Lipinski definition) is 1. The summed E-state index contributed by atoms with van der Waals surface area (Å²) < 4.78 is 0. The molecule has 11 heavy (non-hydrogen) atoms. The molecule has 0 saturated heterocycles. The van der Waals surface area contributed by atoms with Gasteiger partial charge in [-0.15, -0.1) is 0 Å². The summed E-state index contributed by atoms with van der Waals surface area (Å²) in [7, 11) is 0. The van der Waals surface area contributed by atoms with E-state index < -0.39 is 0 Å². The zero-order valence-corrected chi connectivity index (χ0v) is 8.20. The van der Waals surface area contributed by atoms with Crippen LogP contribution in [0.2, 0.25) is 0 Å². The molecule has 1 fully saturated rings. The first-order valence-corrected chi connectivity index (χ1v) is 5.76. The highest BCUT2D eigenvalue weighted by Gasteiger charge is 2.19. The quantitative estimate of drug-likeness (QED) is 0.649. The molecule has 1 rings (SSSR count). The van der Waals surface area contributed by atoms with Crippen molar-refractivity contribution < 1.29 is 0 Å². The Bertz CT molecular complexity index is 106. The lowest BCUT2D eigenvalue weighted by Crippen LogP contribution is -2.31. The Kier molecular flexibility index (Phi) is 4.31. The molecule has 0 spiro atoms. The van der Waals surface area contributed by atoms with E-state index >= 15 is 0 Å². The third-order valence-corrected chi connectivity index (χ3v) is 3.73. The fourth-order valence-corrected chi connectivity index (χ4v) is 2.87. The van der Waals surface area contributed by atoms with Gasteiger partial charge in [0.1, 0.15) is 0 Å². The van der Waals surface area contributed by atoms with Crippen LogP contribution in [-0.2, 0) is 0 Å². The standard InChI is InChI=1S/C9H19NS/c1-2-11-9-7-5-3-4-6-8(9)10/h8-9H,2-7,10H2,1H3. The molecular weight excluding hydrogens is 154 g/mol. The Labute approximate surface area is 74.1 Å². The van der Waals surface area contributed by atoms with E-state index in [0.717, 1.165) is 5.25 Å². The van der Waals surface area contributed by atoms with Gasteiger partial charge in [-0.3, -0.25) is 0 Å². The lowest BCUT2D eigenvalue weighted by molar-refractivity contribution is 0.596. The molecule has 0 bridgehead atoms. The second-order valence-electron chi connectivity index (χ2n) is 3.30. The van der Waals surface area contributed by atoms with E-state index in [2.05, 4.69) is 6.92 Å². The normalized spacial score (nSPS) is 33.3. The summed E-state index contributed by atoms with van der Waals surface area (Å²) in [6.07, 6.45) is 6.74. The molecule has 0 aromatic carbocycles. The molecule has 2 N–H and O–H groups in total. The van der Waals surface area contributed by atoms with Crippen molar-refractivity contribution in [2.75, 3.05) is 5.75 Å². The minimum absolute atomic E-state index is 0.474. The van der Waals surface area contributed by atoms with Gasteiger partial charge in [0.05, 0.1) is 0 Å². The summed E-state index contributed by atoms with van der Waals surface area (Å²) in [5.41, 5.74) is 6.04. The second-order valence-corrected chi connectivity index (χ2v) is 4.81. The van der Waals surface area contributed by atoms with Crippen molar-refractivity contribution in [1.82, 2.24) is 0 Å². The maximum atomic E-state index is 6.04. The van der Waals surface area contributed by atoms with Crippen LogP contribution in [-0.4, -0.2) is 17.0 Å². The van der Waals surface area contributed by atoms with E-state index in [0.29, 0.717) is 6.04 Å². The van der Waals surface area contributed by atoms with Crippen LogP contribution in [0.25, 0.3) is 0 Å². The van der Waals surface area contributed by atoms with Gasteiger partial charge in [0.25, 0.3) is 0 Å². The molecule has 1 aliphatic carbocycles. The van der Waals surface area contributed by atoms with Crippen molar-refractivity contribution in [3.63, 3.8) is 0 Å². The van der Waals surface area contributed by atoms with E-state index in [1.807, 2.05) is 11.8 Å². The Hall–Kier alpha value is 0.310. The number of hydrogen-bond acceptors (Lipinski definition) is 2. The zero-order valence-electron chi connectivity index (χ0n) is 7.38. The Morgan fingerprint density at radius 3 is 2.73 bits per heavy atom. The summed E-state index contributed by atoms with van der Waals surface area (Å²) >= 11 is 2.05. The maximum Gasteiger partial charge on any atom is 0.0198 e. The van der Waals surface area contributed by atoms with Crippen LogP contribution >= 0.6 is 11.8 Å². The summed E-state index contributed by atoms with van der Waals surface area (Å²) in [4.78, 5) is 0. The average molecular weight is 173 g/mol. The molecular formula is C9H19NS. The van der Waals surface area contributed by atoms with Crippen LogP contribution < -0.4 is 5.73 Å². The van der Waals surface area contributed by atoms with E-state index in [-0.39, 0.29) is 0 Å². The summed E-state index contributed by atoms with van der Waals surface area (Å²) in [6.45, 7) is 2.22. The highest BCUT2D eigenvalue weighted by atomic mass is 32.2. The third kappa shape index (κ3) is 3.04. The zero-order chi connectivity index (χ0) is 8.10. The summed E-state index contributed by atoms with van der Waals surface area (Å²) in [5, 5.41) is 0.752. The predicted octanol–water partition coefficient (Wildman–Crippen LogP) is 2.40. The van der Waals surface area contributed by atoms with E-state index in [1.165, 1.54) is 37.9 Å². The highest BCUT2D eigenvalue weighted by Crippen LogP contribution is 2.26. The van der Waals surface area contributed by atoms with E-state index in [9.17, 15) is 0 Å². The van der Waals surface area contributed by atoms with Crippen molar-refractivity contribution in [3.8, 4) is 0 Å². The van der Waals surface area contributed by atoms with E-state index in [1.54, 1.807) is 0 Å². The van der Waals surface area contributed by atoms with Crippen molar-refractivity contribution >= 4 is 11.8 Å². The summed E-state index contributed by atoms with van der Waals surface area (Å²) in [5.74, 6) is 1.22. The fraction of sp³-hybridized carbons (Fsp3) is 1.00. The molecule has 2 heteroatoms. The molecule has 2 atom stereocenters. The van der Waals surface area contributed by atoms with Crippen molar-refractivity contribution in [2.24, 2.45) is 5.73 Å². The third-order valence-electron chi connectivity index (χ3n) is 2.38. The lowest BCUT2D eigenvalue weighted by Gasteiger charge is -2.19. The van der Waals surface area contributed by atoms with Gasteiger partial charge in [0.15, 0.2) is 0 Å². The van der Waals surface area contributed by atoms with Crippen molar-refractivity contribution in [3.05, 3.63) is 0 Å². The lowest BCUT2D eigenvalue weighted by atomic mass is 10.1. The second kappa shape index (κ2) is 5.04. The Balaban J connectivity index is 2.32. The van der Waals surface area contributed by atoms with Crippen LogP contribution in [0.1, 0.15) is 39.0 Å². The van der Waals surface area contributed by atoms with Crippen LogP contribution in [0.4, 0.5) is 0 Å². The van der Waals surface area contributed by atoms with Crippen LogP contribution in [0, 0.1) is 0 Å². The number of rotatable bonds is 2. The smallest absolute Gasteiger partial charge is 0.0198 e. The topological polar surface area (TPSA) is 26.0 Å². The van der Waals surface area contributed by atoms with Gasteiger partial charge in [-0.05, 0) is 18.6 Å². The van der Waals surface area contributed by atoms with Gasteiger partial charge in [0.2, 0.25) is 0 Å². The molecule has 0 radical (unpaired) electrons. The van der Waals surface area contributed by atoms with Gasteiger partial charge < -0.3 is 5.73 Å². The van der Waals surface area contributed by atoms with Crippen molar-refractivity contribution in [2.45, 2.75) is 50.3 Å². The van der Waals surface area contributed by atoms with Gasteiger partial charge in [-0.25, -0.2) is 0 Å². The van der Waals surface area contributed by atoms with Crippen LogP contribution in [0.15, 0.2) is 0 Å². The fourth-order valence-electron chi connectivity index (χ4n) is 1.72. The maximum absolute atomic E-state index is 6.04. The minimum atomic E-state index is 0.474. The van der Waals surface area contributed by atoms with Crippen LogP contribution in [0.3, 0.4) is 0 Å². The molecule has 66 valence electrons. The van der Waals surface area contributed by atoms with Crippen molar-refractivity contribution in [1.29, 1.82) is 0 Å². The minimum Gasteiger partial charge on any atom is -0.327 e. The van der Waals surface area contributed by atoms with Gasteiger partial charge in [0, 0.05) is 11.3 Å². The molecule has 0 aliphatic heterocycles. The molecule has 0 aromatic rings. The molecule has 2 unspecified atom stereocenters. The molecule has 1 saturated carbocycles. The number of nitrogens with two attached hydrogens (primary N) is 1. The Morgan fingerprint density at radius 1 is 1.27 bits per heavy atom. The highest BCUT2D eigenvalue weighted by molar-refractivity contribution is 7.99. The Morgan fingerprint density at radius 2 is 2.00 bits per heavy atom. The molecule has 0 heterocycles. The average Bonchev–Trinajstić information content (AvgIpc) is 2.18. The SMILES string of the molecule is CCSC1CCCCCC1N. The molecule has 0 amide bonds. The first-order valence-electron chi connectivity index (χ1n) is 4.71. The first kappa shape index (κ1) is 9.40. The molecule has 1 aliphatic rings. The predicted molar refractivity (Wildman–Crippen MR) is 53.0 cm³/mol. The van der Waals surface area contributed by atoms with Gasteiger partial charge in [-0.1, -0.05) is 26.2 Å². The summed E-state index contributed by atoms with van der Waals surface area (Å²) in [6, 6.07) is 0.474. The van der Waals surface area contributed by atoms with E-state index in [4.69, 9.17) is 5.73 Å². The number of thioether (sulfide) groups is 1. The first-order chi connectivity index (χ1) is 5.34. The van der Waals surface area contributed by atoms with Crippen LogP contribution in [0.5, 0.6) is 0 Å². The van der Waals surface area contributed by atoms with Gasteiger partial charge in [-0.2, -0.15) is 11.8 Å². The molecule has 1 nitrogen and oxygen atoms in total.